The van der Waals surface area contributed by atoms with E-state index in [1.165, 1.54) is 23.5 Å². The lowest BCUT2D eigenvalue weighted by Gasteiger charge is -2.15. The second-order valence-corrected chi connectivity index (χ2v) is 7.76. The van der Waals surface area contributed by atoms with Crippen LogP contribution in [0.3, 0.4) is 0 Å². The quantitative estimate of drug-likeness (QED) is 0.538. The predicted molar refractivity (Wildman–Crippen MR) is 105 cm³/mol. The van der Waals surface area contributed by atoms with Gasteiger partial charge in [0.2, 0.25) is 5.91 Å². The zero-order valence-electron chi connectivity index (χ0n) is 15.0. The monoisotopic (exact) mass is 382 g/mol. The number of carbonyl (C=O) groups excluding carboxylic acids is 1. The number of fused-ring (bicyclic) bond motifs is 2. The molecule has 0 saturated heterocycles. The number of nitrogens with one attached hydrogen (secondary N) is 2. The molecule has 27 heavy (non-hydrogen) atoms. The highest BCUT2D eigenvalue weighted by atomic mass is 32.1. The van der Waals surface area contributed by atoms with Gasteiger partial charge >= 0.3 is 0 Å². The number of para-hydroxylation sites is 2. The number of rotatable bonds is 5. The molecule has 0 aliphatic heterocycles. The number of aromatic nitrogens is 3. The van der Waals surface area contributed by atoms with Crippen molar-refractivity contribution in [2.75, 3.05) is 0 Å². The summed E-state index contributed by atoms with van der Waals surface area (Å²) in [4.78, 5) is 24.8. The molecule has 0 radical (unpaired) electrons. The Morgan fingerprint density at radius 3 is 2.81 bits per heavy atom. The average molecular weight is 382 g/mol. The molecular weight excluding hydrogens is 363 g/mol. The maximum atomic E-state index is 13.3. The van der Waals surface area contributed by atoms with Crippen molar-refractivity contribution in [3.63, 3.8) is 0 Å². The smallest absolute Gasteiger partial charge is 0.223 e. The summed E-state index contributed by atoms with van der Waals surface area (Å²) in [5, 5.41) is 3.76. The summed E-state index contributed by atoms with van der Waals surface area (Å²) in [6.45, 7) is 3.77. The molecule has 4 aromatic rings. The van der Waals surface area contributed by atoms with E-state index in [1.807, 2.05) is 38.1 Å². The number of hydrogen-bond donors (Lipinski definition) is 2. The number of halogens is 1. The molecule has 2 aromatic carbocycles. The van der Waals surface area contributed by atoms with Gasteiger partial charge in [0.05, 0.1) is 27.3 Å². The molecule has 0 fully saturated rings. The number of imidazole rings is 1. The van der Waals surface area contributed by atoms with Crippen LogP contribution >= 0.6 is 11.3 Å². The lowest BCUT2D eigenvalue weighted by molar-refractivity contribution is -0.125. The fourth-order valence-electron chi connectivity index (χ4n) is 3.01. The van der Waals surface area contributed by atoms with E-state index < -0.39 is 0 Å². The fourth-order valence-corrected chi connectivity index (χ4v) is 3.96. The number of thiazole rings is 1. The molecule has 4 rings (SSSR count). The van der Waals surface area contributed by atoms with Crippen LogP contribution in [-0.2, 0) is 11.2 Å². The topological polar surface area (TPSA) is 70.7 Å². The summed E-state index contributed by atoms with van der Waals surface area (Å²) >= 11 is 1.46. The van der Waals surface area contributed by atoms with Crippen molar-refractivity contribution in [2.24, 2.45) is 5.92 Å². The molecule has 1 amide bonds. The van der Waals surface area contributed by atoms with Gasteiger partial charge in [0.25, 0.3) is 0 Å². The Morgan fingerprint density at radius 1 is 1.19 bits per heavy atom. The normalized spacial score (nSPS) is 13.7. The van der Waals surface area contributed by atoms with Crippen LogP contribution in [0.15, 0.2) is 42.5 Å². The Bertz CT molecular complexity index is 1090. The van der Waals surface area contributed by atoms with E-state index in [0.717, 1.165) is 26.6 Å². The van der Waals surface area contributed by atoms with Crippen molar-refractivity contribution < 1.29 is 9.18 Å². The van der Waals surface area contributed by atoms with Crippen LogP contribution in [0, 0.1) is 11.7 Å². The molecular formula is C20H19FN4OS. The summed E-state index contributed by atoms with van der Waals surface area (Å²) in [6.07, 6.45) is 0.526. The summed E-state index contributed by atoms with van der Waals surface area (Å²) < 4.78 is 14.2. The van der Waals surface area contributed by atoms with Crippen LogP contribution in [0.25, 0.3) is 21.3 Å². The first-order valence-electron chi connectivity index (χ1n) is 8.79. The molecule has 2 N–H and O–H groups in total. The SMILES string of the molecule is CC(NC(=O)[C@@H](C)Cc1nc2ccccc2[nH]1)c1nc2cc(F)ccc2s1. The van der Waals surface area contributed by atoms with Gasteiger partial charge in [-0.3, -0.25) is 4.79 Å². The molecule has 2 aromatic heterocycles. The van der Waals surface area contributed by atoms with E-state index in [9.17, 15) is 9.18 Å². The van der Waals surface area contributed by atoms with Gasteiger partial charge in [-0.05, 0) is 31.2 Å². The first-order chi connectivity index (χ1) is 13.0. The van der Waals surface area contributed by atoms with Crippen molar-refractivity contribution in [2.45, 2.75) is 26.3 Å². The third-order valence-electron chi connectivity index (χ3n) is 4.48. The Kier molecular flexibility index (Phi) is 4.61. The van der Waals surface area contributed by atoms with E-state index in [0.29, 0.717) is 11.9 Å². The highest BCUT2D eigenvalue weighted by Crippen LogP contribution is 2.27. The van der Waals surface area contributed by atoms with E-state index in [-0.39, 0.29) is 23.7 Å². The summed E-state index contributed by atoms with van der Waals surface area (Å²) in [5.41, 5.74) is 2.48. The number of benzene rings is 2. The van der Waals surface area contributed by atoms with Gasteiger partial charge in [0, 0.05) is 18.4 Å². The van der Waals surface area contributed by atoms with Gasteiger partial charge in [0.15, 0.2) is 0 Å². The first kappa shape index (κ1) is 17.6. The Morgan fingerprint density at radius 2 is 2.00 bits per heavy atom. The zero-order valence-corrected chi connectivity index (χ0v) is 15.8. The number of nitrogens with zero attached hydrogens (tertiary/aromatic N) is 2. The van der Waals surface area contributed by atoms with Crippen molar-refractivity contribution >= 4 is 38.5 Å². The van der Waals surface area contributed by atoms with E-state index in [1.54, 1.807) is 6.07 Å². The fraction of sp³-hybridized carbons (Fsp3) is 0.250. The summed E-state index contributed by atoms with van der Waals surface area (Å²) in [6, 6.07) is 12.1. The third-order valence-corrected chi connectivity index (χ3v) is 5.70. The number of amides is 1. The number of aromatic amines is 1. The number of hydrogen-bond acceptors (Lipinski definition) is 4. The molecule has 0 spiro atoms. The van der Waals surface area contributed by atoms with Crippen LogP contribution in [-0.4, -0.2) is 20.9 Å². The van der Waals surface area contributed by atoms with E-state index in [4.69, 9.17) is 0 Å². The Balaban J connectivity index is 1.43. The van der Waals surface area contributed by atoms with Gasteiger partial charge < -0.3 is 10.3 Å². The van der Waals surface area contributed by atoms with E-state index in [2.05, 4.69) is 20.3 Å². The van der Waals surface area contributed by atoms with Crippen LogP contribution in [0.4, 0.5) is 4.39 Å². The molecule has 0 saturated carbocycles. The average Bonchev–Trinajstić information content (AvgIpc) is 3.24. The number of H-pyrrole nitrogens is 1. The van der Waals surface area contributed by atoms with Crippen molar-refractivity contribution in [3.05, 3.63) is 59.1 Å². The molecule has 5 nitrogen and oxygen atoms in total. The first-order valence-corrected chi connectivity index (χ1v) is 9.61. The van der Waals surface area contributed by atoms with Crippen LogP contribution in [0.1, 0.15) is 30.7 Å². The van der Waals surface area contributed by atoms with Crippen molar-refractivity contribution in [1.29, 1.82) is 0 Å². The van der Waals surface area contributed by atoms with Gasteiger partial charge in [-0.2, -0.15) is 0 Å². The third kappa shape index (κ3) is 3.68. The van der Waals surface area contributed by atoms with Crippen molar-refractivity contribution in [3.8, 4) is 0 Å². The predicted octanol–water partition coefficient (Wildman–Crippen LogP) is 4.37. The zero-order chi connectivity index (χ0) is 19.0. The summed E-state index contributed by atoms with van der Waals surface area (Å²) in [5.74, 6) is 0.186. The van der Waals surface area contributed by atoms with E-state index >= 15 is 0 Å². The standard InChI is InChI=1S/C20H19FN4OS/c1-11(9-18-23-14-5-3-4-6-15(14)24-18)19(26)22-12(2)20-25-16-10-13(21)7-8-17(16)27-20/h3-8,10-12H,9H2,1-2H3,(H,22,26)(H,23,24)/t11-,12?/m0/s1. The van der Waals surface area contributed by atoms with Gasteiger partial charge in [0.1, 0.15) is 16.6 Å². The Hall–Kier alpha value is -2.80. The minimum absolute atomic E-state index is 0.0617. The molecule has 0 bridgehead atoms. The Labute approximate surface area is 159 Å². The van der Waals surface area contributed by atoms with Gasteiger partial charge in [-0.15, -0.1) is 11.3 Å². The minimum atomic E-state index is -0.310. The molecule has 1 unspecified atom stereocenters. The molecule has 2 heterocycles. The molecule has 2 atom stereocenters. The molecule has 138 valence electrons. The highest BCUT2D eigenvalue weighted by Gasteiger charge is 2.20. The van der Waals surface area contributed by atoms with Crippen LogP contribution in [0.5, 0.6) is 0 Å². The van der Waals surface area contributed by atoms with Crippen LogP contribution < -0.4 is 5.32 Å². The van der Waals surface area contributed by atoms with Gasteiger partial charge in [-0.1, -0.05) is 19.1 Å². The van der Waals surface area contributed by atoms with Crippen LogP contribution in [0.2, 0.25) is 0 Å². The summed E-state index contributed by atoms with van der Waals surface area (Å²) in [7, 11) is 0. The van der Waals surface area contributed by atoms with Gasteiger partial charge in [-0.25, -0.2) is 14.4 Å². The lowest BCUT2D eigenvalue weighted by Crippen LogP contribution is -2.32. The number of carbonyl (C=O) groups is 1. The van der Waals surface area contributed by atoms with Crippen molar-refractivity contribution in [1.82, 2.24) is 20.3 Å². The lowest BCUT2D eigenvalue weighted by atomic mass is 10.1. The largest absolute Gasteiger partial charge is 0.347 e. The second kappa shape index (κ2) is 7.08. The second-order valence-electron chi connectivity index (χ2n) is 6.70. The molecule has 0 aliphatic rings. The molecule has 0 aliphatic carbocycles. The maximum Gasteiger partial charge on any atom is 0.223 e. The molecule has 7 heteroatoms. The maximum absolute atomic E-state index is 13.3. The minimum Gasteiger partial charge on any atom is -0.347 e. The highest BCUT2D eigenvalue weighted by molar-refractivity contribution is 7.18.